The van der Waals surface area contributed by atoms with Crippen molar-refractivity contribution >= 4 is 11.3 Å². The number of rotatable bonds is 3. The van der Waals surface area contributed by atoms with Crippen LogP contribution in [0.1, 0.15) is 29.0 Å². The predicted octanol–water partition coefficient (Wildman–Crippen LogP) is 3.71. The summed E-state index contributed by atoms with van der Waals surface area (Å²) < 4.78 is 0. The summed E-state index contributed by atoms with van der Waals surface area (Å²) in [5.41, 5.74) is 3.54. The van der Waals surface area contributed by atoms with Gasteiger partial charge in [-0.1, -0.05) is 0 Å². The minimum absolute atomic E-state index is 0.777. The number of pyridine rings is 1. The molecule has 0 amide bonds. The van der Waals surface area contributed by atoms with Crippen LogP contribution in [0.3, 0.4) is 0 Å². The van der Waals surface area contributed by atoms with E-state index < -0.39 is 0 Å². The lowest BCUT2D eigenvalue weighted by Gasteiger charge is -2.29. The first-order chi connectivity index (χ1) is 10.1. The second kappa shape index (κ2) is 6.24. The summed E-state index contributed by atoms with van der Waals surface area (Å²) in [6.45, 7) is 6.65. The van der Waals surface area contributed by atoms with E-state index in [1.807, 2.05) is 6.20 Å². The monoisotopic (exact) mass is 301 g/mol. The molecule has 112 valence electrons. The molecule has 1 atom stereocenters. The Morgan fingerprint density at radius 1 is 1.38 bits per heavy atom. The van der Waals surface area contributed by atoms with Crippen molar-refractivity contribution in [2.24, 2.45) is 5.92 Å². The molecule has 2 aromatic heterocycles. The van der Waals surface area contributed by atoms with Crippen molar-refractivity contribution in [1.29, 1.82) is 0 Å². The maximum absolute atomic E-state index is 4.63. The highest BCUT2D eigenvalue weighted by Gasteiger charge is 2.18. The second-order valence-electron chi connectivity index (χ2n) is 6.18. The van der Waals surface area contributed by atoms with Crippen LogP contribution in [-0.2, 0) is 6.42 Å². The molecular formula is C17H23N3S. The van der Waals surface area contributed by atoms with Gasteiger partial charge in [-0.15, -0.1) is 11.3 Å². The van der Waals surface area contributed by atoms with Gasteiger partial charge in [0, 0.05) is 17.6 Å². The maximum Gasteiger partial charge on any atom is 0.142 e. The molecule has 0 unspecified atom stereocenters. The van der Waals surface area contributed by atoms with Gasteiger partial charge in [0.15, 0.2) is 0 Å². The molecule has 0 aliphatic carbocycles. The van der Waals surface area contributed by atoms with E-state index in [-0.39, 0.29) is 0 Å². The average Bonchev–Trinajstić information content (AvgIpc) is 2.79. The third-order valence-corrected chi connectivity index (χ3v) is 5.41. The maximum atomic E-state index is 4.63. The zero-order valence-corrected chi connectivity index (χ0v) is 13.9. The van der Waals surface area contributed by atoms with Crippen molar-refractivity contribution in [3.05, 3.63) is 34.5 Å². The van der Waals surface area contributed by atoms with Crippen molar-refractivity contribution in [3.8, 4) is 10.7 Å². The van der Waals surface area contributed by atoms with Gasteiger partial charge in [-0.25, -0.2) is 4.98 Å². The van der Waals surface area contributed by atoms with E-state index in [1.54, 1.807) is 11.3 Å². The lowest BCUT2D eigenvalue weighted by Crippen LogP contribution is -2.32. The molecule has 0 radical (unpaired) electrons. The van der Waals surface area contributed by atoms with Crippen molar-refractivity contribution in [3.63, 3.8) is 0 Å². The topological polar surface area (TPSA) is 29.0 Å². The number of thiazole rings is 1. The van der Waals surface area contributed by atoms with Gasteiger partial charge in [0.25, 0.3) is 0 Å². The van der Waals surface area contributed by atoms with Crippen LogP contribution in [-0.4, -0.2) is 35.0 Å². The van der Waals surface area contributed by atoms with Crippen LogP contribution in [0.15, 0.2) is 18.3 Å². The van der Waals surface area contributed by atoms with Crippen molar-refractivity contribution in [1.82, 2.24) is 14.9 Å². The Kier molecular flexibility index (Phi) is 4.36. The van der Waals surface area contributed by atoms with Gasteiger partial charge >= 0.3 is 0 Å². The molecule has 0 spiro atoms. The Morgan fingerprint density at radius 3 is 2.95 bits per heavy atom. The molecule has 21 heavy (non-hydrogen) atoms. The number of aromatic nitrogens is 2. The van der Waals surface area contributed by atoms with E-state index in [0.717, 1.165) is 28.7 Å². The molecule has 1 aliphatic rings. The molecule has 3 heterocycles. The van der Waals surface area contributed by atoms with E-state index in [9.17, 15) is 0 Å². The normalized spacial score (nSPS) is 19.9. The first-order valence-corrected chi connectivity index (χ1v) is 8.51. The largest absolute Gasteiger partial charge is 0.306 e. The molecule has 4 heteroatoms. The van der Waals surface area contributed by atoms with Crippen LogP contribution in [0, 0.1) is 19.8 Å². The van der Waals surface area contributed by atoms with Gasteiger partial charge < -0.3 is 4.90 Å². The Labute approximate surface area is 131 Å². The third-order valence-electron chi connectivity index (χ3n) is 4.32. The second-order valence-corrected chi connectivity index (χ2v) is 7.39. The van der Waals surface area contributed by atoms with Gasteiger partial charge in [-0.05, 0) is 70.3 Å². The van der Waals surface area contributed by atoms with Crippen LogP contribution < -0.4 is 0 Å². The molecule has 0 N–H and O–H groups in total. The smallest absolute Gasteiger partial charge is 0.142 e. The first-order valence-electron chi connectivity index (χ1n) is 7.69. The Morgan fingerprint density at radius 2 is 2.24 bits per heavy atom. The van der Waals surface area contributed by atoms with Gasteiger partial charge in [-0.3, -0.25) is 4.98 Å². The van der Waals surface area contributed by atoms with E-state index >= 15 is 0 Å². The SMILES string of the molecule is Cc1nc(-c2cc(C[C@@H]3CCCN(C)C3)ccn2)sc1C. The van der Waals surface area contributed by atoms with Gasteiger partial charge in [0.1, 0.15) is 5.01 Å². The highest BCUT2D eigenvalue weighted by molar-refractivity contribution is 7.15. The van der Waals surface area contributed by atoms with E-state index in [0.29, 0.717) is 0 Å². The molecule has 1 aliphatic heterocycles. The number of hydrogen-bond donors (Lipinski definition) is 0. The van der Waals surface area contributed by atoms with Crippen molar-refractivity contribution in [2.45, 2.75) is 33.1 Å². The van der Waals surface area contributed by atoms with E-state index in [4.69, 9.17) is 0 Å². The number of likely N-dealkylation sites (tertiary alicyclic amines) is 1. The first kappa shape index (κ1) is 14.7. The Bertz CT molecular complexity index is 601. The highest BCUT2D eigenvalue weighted by Crippen LogP contribution is 2.27. The molecule has 1 saturated heterocycles. The molecule has 2 aromatic rings. The van der Waals surface area contributed by atoms with Gasteiger partial charge in [0.2, 0.25) is 0 Å². The fourth-order valence-corrected chi connectivity index (χ4v) is 3.96. The van der Waals surface area contributed by atoms with Crippen LogP contribution in [0.4, 0.5) is 0 Å². The third kappa shape index (κ3) is 3.50. The number of hydrogen-bond acceptors (Lipinski definition) is 4. The fraction of sp³-hybridized carbons (Fsp3) is 0.529. The molecule has 3 nitrogen and oxygen atoms in total. The van der Waals surface area contributed by atoms with E-state index in [1.165, 1.54) is 36.4 Å². The number of nitrogens with zero attached hydrogens (tertiary/aromatic N) is 3. The van der Waals surface area contributed by atoms with Crippen molar-refractivity contribution < 1.29 is 0 Å². The average molecular weight is 301 g/mol. The summed E-state index contributed by atoms with van der Waals surface area (Å²) in [5.74, 6) is 0.777. The van der Waals surface area contributed by atoms with Crippen LogP contribution in [0.25, 0.3) is 10.7 Å². The summed E-state index contributed by atoms with van der Waals surface area (Å²) >= 11 is 1.74. The summed E-state index contributed by atoms with van der Waals surface area (Å²) in [5, 5.41) is 1.05. The zero-order chi connectivity index (χ0) is 14.8. The minimum Gasteiger partial charge on any atom is -0.306 e. The Hall–Kier alpha value is -1.26. The molecule has 0 saturated carbocycles. The van der Waals surface area contributed by atoms with Crippen LogP contribution in [0.5, 0.6) is 0 Å². The summed E-state index contributed by atoms with van der Waals surface area (Å²) in [6.07, 6.45) is 5.76. The standard InChI is InChI=1S/C17H23N3S/c1-12-13(2)21-17(19-12)16-10-14(6-7-18-16)9-15-5-4-8-20(3)11-15/h6-7,10,15H,4-5,8-9,11H2,1-3H3/t15-/m0/s1. The Balaban J connectivity index is 1.76. The van der Waals surface area contributed by atoms with E-state index in [2.05, 4.69) is 47.9 Å². The lowest BCUT2D eigenvalue weighted by molar-refractivity contribution is 0.209. The highest BCUT2D eigenvalue weighted by atomic mass is 32.1. The van der Waals surface area contributed by atoms with Gasteiger partial charge in [0.05, 0.1) is 11.4 Å². The summed E-state index contributed by atoms with van der Waals surface area (Å²) in [6, 6.07) is 4.39. The van der Waals surface area contributed by atoms with Crippen LogP contribution >= 0.6 is 11.3 Å². The van der Waals surface area contributed by atoms with Crippen LogP contribution in [0.2, 0.25) is 0 Å². The quantitative estimate of drug-likeness (QED) is 0.865. The lowest BCUT2D eigenvalue weighted by atomic mass is 9.92. The molecule has 0 bridgehead atoms. The number of aryl methyl sites for hydroxylation is 2. The molecule has 1 fully saturated rings. The van der Waals surface area contributed by atoms with Crippen molar-refractivity contribution in [2.75, 3.05) is 20.1 Å². The number of piperidine rings is 1. The molecular weight excluding hydrogens is 278 g/mol. The summed E-state index contributed by atoms with van der Waals surface area (Å²) in [7, 11) is 2.23. The predicted molar refractivity (Wildman–Crippen MR) is 88.7 cm³/mol. The minimum atomic E-state index is 0.777. The molecule has 3 rings (SSSR count). The fourth-order valence-electron chi connectivity index (χ4n) is 3.07. The van der Waals surface area contributed by atoms with Gasteiger partial charge in [-0.2, -0.15) is 0 Å². The summed E-state index contributed by atoms with van der Waals surface area (Å²) in [4.78, 5) is 12.9. The molecule has 0 aromatic carbocycles. The zero-order valence-electron chi connectivity index (χ0n) is 13.1.